The fourth-order valence-corrected chi connectivity index (χ4v) is 3.08. The van der Waals surface area contributed by atoms with Crippen molar-refractivity contribution in [3.63, 3.8) is 0 Å². The Kier molecular flexibility index (Phi) is 6.17. The van der Waals surface area contributed by atoms with Crippen LogP contribution in [0.3, 0.4) is 0 Å². The van der Waals surface area contributed by atoms with Gasteiger partial charge in [0.1, 0.15) is 11.6 Å². The van der Waals surface area contributed by atoms with Crippen LogP contribution in [0.4, 0.5) is 5.69 Å². The molecule has 26 heavy (non-hydrogen) atoms. The fourth-order valence-electron chi connectivity index (χ4n) is 3.08. The molecule has 138 valence electrons. The van der Waals surface area contributed by atoms with Gasteiger partial charge in [-0.25, -0.2) is 0 Å². The molecule has 1 aliphatic carbocycles. The molecule has 8 heteroatoms. The van der Waals surface area contributed by atoms with Crippen LogP contribution in [0.15, 0.2) is 17.7 Å². The van der Waals surface area contributed by atoms with Gasteiger partial charge in [0.2, 0.25) is 5.75 Å². The van der Waals surface area contributed by atoms with Crippen LogP contribution in [-0.2, 0) is 4.79 Å². The van der Waals surface area contributed by atoms with E-state index in [2.05, 4.69) is 12.2 Å². The van der Waals surface area contributed by atoms with Crippen LogP contribution in [0.2, 0.25) is 0 Å². The summed E-state index contributed by atoms with van der Waals surface area (Å²) in [5.74, 6) is -0.888. The normalized spacial score (nSPS) is 20.1. The minimum absolute atomic E-state index is 0.0108. The molecule has 2 rings (SSSR count). The number of nitriles is 1. The molecule has 1 amide bonds. The predicted molar refractivity (Wildman–Crippen MR) is 94.5 cm³/mol. The van der Waals surface area contributed by atoms with Crippen LogP contribution in [0.1, 0.15) is 38.2 Å². The molecule has 1 aromatic rings. The molecule has 2 atom stereocenters. The van der Waals surface area contributed by atoms with Crippen molar-refractivity contribution in [1.29, 1.82) is 5.26 Å². The molecule has 8 nitrogen and oxygen atoms in total. The van der Waals surface area contributed by atoms with E-state index in [1.165, 1.54) is 19.3 Å². The molecule has 2 N–H and O–H groups in total. The van der Waals surface area contributed by atoms with Crippen LogP contribution < -0.4 is 10.1 Å². The van der Waals surface area contributed by atoms with Gasteiger partial charge in [0.25, 0.3) is 5.91 Å². The van der Waals surface area contributed by atoms with Crippen LogP contribution in [0, 0.1) is 27.4 Å². The molecule has 0 unspecified atom stereocenters. The number of hydrogen-bond donors (Lipinski definition) is 2. The van der Waals surface area contributed by atoms with Gasteiger partial charge in [0.15, 0.2) is 5.75 Å². The Morgan fingerprint density at radius 1 is 1.46 bits per heavy atom. The van der Waals surface area contributed by atoms with Crippen LogP contribution in [0.5, 0.6) is 11.5 Å². The van der Waals surface area contributed by atoms with Crippen LogP contribution in [0.25, 0.3) is 6.08 Å². The summed E-state index contributed by atoms with van der Waals surface area (Å²) in [6.45, 7) is 2.06. The minimum Gasteiger partial charge on any atom is -0.500 e. The summed E-state index contributed by atoms with van der Waals surface area (Å²) in [5.41, 5.74) is -0.506. The fraction of sp³-hybridized carbons (Fsp3) is 0.444. The molecule has 1 aromatic carbocycles. The van der Waals surface area contributed by atoms with E-state index >= 15 is 0 Å². The van der Waals surface area contributed by atoms with Gasteiger partial charge in [-0.3, -0.25) is 14.9 Å². The van der Waals surface area contributed by atoms with E-state index in [4.69, 9.17) is 4.74 Å². The maximum Gasteiger partial charge on any atom is 0.315 e. The molecular formula is C18H21N3O5. The van der Waals surface area contributed by atoms with E-state index in [1.807, 2.05) is 6.07 Å². The van der Waals surface area contributed by atoms with Crippen molar-refractivity contribution in [3.05, 3.63) is 33.4 Å². The van der Waals surface area contributed by atoms with E-state index in [1.54, 1.807) is 0 Å². The number of benzene rings is 1. The Labute approximate surface area is 151 Å². The highest BCUT2D eigenvalue weighted by Gasteiger charge is 2.24. The zero-order valence-electron chi connectivity index (χ0n) is 14.7. The number of ether oxygens (including phenoxy) is 1. The number of carbonyl (C=O) groups is 1. The summed E-state index contributed by atoms with van der Waals surface area (Å²) in [5, 5.41) is 33.0. The third kappa shape index (κ3) is 4.30. The lowest BCUT2D eigenvalue weighted by Gasteiger charge is -2.29. The predicted octanol–water partition coefficient (Wildman–Crippen LogP) is 2.91. The second kappa shape index (κ2) is 8.34. The molecule has 0 aliphatic heterocycles. The number of methoxy groups -OCH3 is 1. The summed E-state index contributed by atoms with van der Waals surface area (Å²) in [7, 11) is 1.26. The standard InChI is InChI=1S/C18H21N3O5/c1-11-5-3-4-6-14(11)20-18(23)13(10-19)7-12-8-15(21(24)25)17(22)16(9-12)26-2/h7-9,11,14,22H,3-6H2,1-2H3,(H,20,23)/b13-7+/t11-,14-/m1/s1. The Hall–Kier alpha value is -3.08. The topological polar surface area (TPSA) is 125 Å². The largest absolute Gasteiger partial charge is 0.500 e. The molecule has 0 aromatic heterocycles. The van der Waals surface area contributed by atoms with E-state index < -0.39 is 22.3 Å². The van der Waals surface area contributed by atoms with Gasteiger partial charge in [-0.2, -0.15) is 5.26 Å². The van der Waals surface area contributed by atoms with E-state index in [9.17, 15) is 25.3 Å². The lowest BCUT2D eigenvalue weighted by atomic mass is 9.86. The number of hydrogen-bond acceptors (Lipinski definition) is 6. The number of nitro benzene ring substituents is 1. The molecule has 0 spiro atoms. The zero-order chi connectivity index (χ0) is 19.3. The van der Waals surface area contributed by atoms with Crippen molar-refractivity contribution in [3.8, 4) is 17.6 Å². The first-order valence-electron chi connectivity index (χ1n) is 8.35. The zero-order valence-corrected chi connectivity index (χ0v) is 14.7. The average molecular weight is 359 g/mol. The van der Waals surface area contributed by atoms with Gasteiger partial charge in [0, 0.05) is 12.1 Å². The maximum atomic E-state index is 12.4. The van der Waals surface area contributed by atoms with Crippen molar-refractivity contribution in [1.82, 2.24) is 5.32 Å². The summed E-state index contributed by atoms with van der Waals surface area (Å²) in [4.78, 5) is 22.7. The van der Waals surface area contributed by atoms with Gasteiger partial charge in [-0.1, -0.05) is 19.8 Å². The van der Waals surface area contributed by atoms with Gasteiger partial charge in [-0.15, -0.1) is 0 Å². The molecule has 1 aliphatic rings. The monoisotopic (exact) mass is 359 g/mol. The summed E-state index contributed by atoms with van der Waals surface area (Å²) in [6.07, 6.45) is 5.30. The second-order valence-corrected chi connectivity index (χ2v) is 6.36. The smallest absolute Gasteiger partial charge is 0.315 e. The first kappa shape index (κ1) is 19.2. The van der Waals surface area contributed by atoms with Gasteiger partial charge < -0.3 is 15.2 Å². The van der Waals surface area contributed by atoms with Crippen LogP contribution in [-0.4, -0.2) is 29.1 Å². The molecule has 0 saturated heterocycles. The molecule has 1 saturated carbocycles. The molecule has 0 heterocycles. The summed E-state index contributed by atoms with van der Waals surface area (Å²) >= 11 is 0. The third-order valence-corrected chi connectivity index (χ3v) is 4.60. The summed E-state index contributed by atoms with van der Waals surface area (Å²) in [6, 6.07) is 4.26. The summed E-state index contributed by atoms with van der Waals surface area (Å²) < 4.78 is 4.92. The Balaban J connectivity index is 2.30. The van der Waals surface area contributed by atoms with Crippen molar-refractivity contribution in [2.24, 2.45) is 5.92 Å². The van der Waals surface area contributed by atoms with Gasteiger partial charge >= 0.3 is 5.69 Å². The first-order chi connectivity index (χ1) is 12.4. The Bertz CT molecular complexity index is 782. The van der Waals surface area contributed by atoms with Gasteiger partial charge in [0.05, 0.1) is 12.0 Å². The number of nitrogens with one attached hydrogen (secondary N) is 1. The minimum atomic E-state index is -0.759. The number of rotatable bonds is 5. The number of nitro groups is 1. The average Bonchev–Trinajstić information content (AvgIpc) is 2.62. The number of phenolic OH excluding ortho intramolecular Hbond substituents is 1. The lowest BCUT2D eigenvalue weighted by Crippen LogP contribution is -2.41. The molecule has 0 bridgehead atoms. The van der Waals surface area contributed by atoms with Crippen molar-refractivity contribution < 1.29 is 19.6 Å². The van der Waals surface area contributed by atoms with E-state index in [0.717, 1.165) is 31.7 Å². The number of amides is 1. The molecule has 1 fully saturated rings. The SMILES string of the molecule is COc1cc(/C=C(\C#N)C(=O)N[C@@H]2CCCC[C@H]2C)cc([N+](=O)[O-])c1O. The number of nitrogens with zero attached hydrogens (tertiary/aromatic N) is 2. The highest BCUT2D eigenvalue weighted by atomic mass is 16.6. The third-order valence-electron chi connectivity index (χ3n) is 4.60. The van der Waals surface area contributed by atoms with Gasteiger partial charge in [-0.05, 0) is 36.5 Å². The lowest BCUT2D eigenvalue weighted by molar-refractivity contribution is -0.386. The number of carbonyl (C=O) groups excluding carboxylic acids is 1. The maximum absolute atomic E-state index is 12.4. The molecule has 0 radical (unpaired) electrons. The molecular weight excluding hydrogens is 338 g/mol. The van der Waals surface area contributed by atoms with Crippen molar-refractivity contribution in [2.45, 2.75) is 38.6 Å². The van der Waals surface area contributed by atoms with E-state index in [0.29, 0.717) is 5.92 Å². The van der Waals surface area contributed by atoms with E-state index in [-0.39, 0.29) is 22.9 Å². The van der Waals surface area contributed by atoms with Crippen molar-refractivity contribution >= 4 is 17.7 Å². The van der Waals surface area contributed by atoms with Crippen LogP contribution >= 0.6 is 0 Å². The number of phenols is 1. The highest BCUT2D eigenvalue weighted by Crippen LogP contribution is 2.37. The Morgan fingerprint density at radius 3 is 2.73 bits per heavy atom. The quantitative estimate of drug-likeness (QED) is 0.360. The number of aromatic hydroxyl groups is 1. The van der Waals surface area contributed by atoms with Crippen molar-refractivity contribution in [2.75, 3.05) is 7.11 Å². The highest BCUT2D eigenvalue weighted by molar-refractivity contribution is 6.02. The Morgan fingerprint density at radius 2 is 2.15 bits per heavy atom. The second-order valence-electron chi connectivity index (χ2n) is 6.36. The first-order valence-corrected chi connectivity index (χ1v) is 8.35.